The van der Waals surface area contributed by atoms with Gasteiger partial charge in [0.2, 0.25) is 5.91 Å². The van der Waals surface area contributed by atoms with E-state index in [9.17, 15) is 9.59 Å². The Balaban J connectivity index is 0.00000387. The fourth-order valence-electron chi connectivity index (χ4n) is 4.32. The third-order valence-electron chi connectivity index (χ3n) is 6.22. The molecule has 0 saturated heterocycles. The Morgan fingerprint density at radius 3 is 2.44 bits per heavy atom. The van der Waals surface area contributed by atoms with Crippen LogP contribution in [0.1, 0.15) is 32.0 Å². The maximum atomic E-state index is 13.1. The van der Waals surface area contributed by atoms with Gasteiger partial charge in [-0.05, 0) is 52.7 Å². The Kier molecular flexibility index (Phi) is 8.59. The van der Waals surface area contributed by atoms with Gasteiger partial charge < -0.3 is 15.8 Å². The number of amides is 3. The normalized spacial score (nSPS) is 11.0. The largest absolute Gasteiger partial charge is 0.456 e. The zero-order valence-electron chi connectivity index (χ0n) is 22.9. The topological polar surface area (TPSA) is 124 Å². The summed E-state index contributed by atoms with van der Waals surface area (Å²) in [6.45, 7) is 6.16. The first-order valence-electron chi connectivity index (χ1n) is 12.8. The second-order valence-electron chi connectivity index (χ2n) is 10.4. The predicted octanol–water partition coefficient (Wildman–Crippen LogP) is 6.60. The molecule has 10 heteroatoms. The molecule has 5 rings (SSSR count). The summed E-state index contributed by atoms with van der Waals surface area (Å²) in [5.74, 6) is 1.20. The molecule has 2 aromatic heterocycles. The zero-order chi connectivity index (χ0) is 28.3. The van der Waals surface area contributed by atoms with Crippen molar-refractivity contribution in [1.29, 1.82) is 0 Å². The van der Waals surface area contributed by atoms with Gasteiger partial charge in [0.1, 0.15) is 17.3 Å². The van der Waals surface area contributed by atoms with Crippen molar-refractivity contribution in [3.8, 4) is 17.2 Å². The van der Waals surface area contributed by atoms with Crippen LogP contribution in [0, 0.1) is 0 Å². The third-order valence-corrected chi connectivity index (χ3v) is 6.22. The van der Waals surface area contributed by atoms with E-state index in [1.165, 1.54) is 0 Å². The third kappa shape index (κ3) is 7.01. The molecule has 5 aromatic rings. The van der Waals surface area contributed by atoms with Gasteiger partial charge in [0, 0.05) is 29.4 Å². The van der Waals surface area contributed by atoms with Gasteiger partial charge in [-0.1, -0.05) is 51.1 Å². The van der Waals surface area contributed by atoms with Crippen LogP contribution >= 0.6 is 12.4 Å². The lowest BCUT2D eigenvalue weighted by atomic mass is 9.92. The van der Waals surface area contributed by atoms with Gasteiger partial charge in [-0.25, -0.2) is 9.48 Å². The van der Waals surface area contributed by atoms with E-state index in [4.69, 9.17) is 15.6 Å². The number of hydrogen-bond acceptors (Lipinski definition) is 5. The summed E-state index contributed by atoms with van der Waals surface area (Å²) in [6.07, 6.45) is 3.37. The maximum absolute atomic E-state index is 13.1. The van der Waals surface area contributed by atoms with E-state index in [0.29, 0.717) is 28.7 Å². The number of nitrogens with one attached hydrogen (secondary N) is 2. The molecule has 41 heavy (non-hydrogen) atoms. The number of rotatable bonds is 7. The number of benzene rings is 3. The number of pyridine rings is 1. The van der Waals surface area contributed by atoms with E-state index in [1.807, 2.05) is 42.5 Å². The number of carbonyl (C=O) groups is 2. The number of aromatic nitrogens is 3. The summed E-state index contributed by atoms with van der Waals surface area (Å²) in [4.78, 5) is 29.0. The van der Waals surface area contributed by atoms with Crippen LogP contribution in [0.25, 0.3) is 16.5 Å². The van der Waals surface area contributed by atoms with Crippen molar-refractivity contribution in [1.82, 2.24) is 14.8 Å². The summed E-state index contributed by atoms with van der Waals surface area (Å²) in [5, 5.41) is 12.5. The molecule has 0 radical (unpaired) electrons. The van der Waals surface area contributed by atoms with Crippen molar-refractivity contribution < 1.29 is 14.3 Å². The summed E-state index contributed by atoms with van der Waals surface area (Å²) < 4.78 is 7.51. The number of ether oxygens (including phenoxy) is 1. The highest BCUT2D eigenvalue weighted by Crippen LogP contribution is 2.30. The van der Waals surface area contributed by atoms with Gasteiger partial charge in [-0.2, -0.15) is 5.10 Å². The summed E-state index contributed by atoms with van der Waals surface area (Å²) >= 11 is 0. The van der Waals surface area contributed by atoms with Crippen LogP contribution in [0.2, 0.25) is 0 Å². The molecular weight excluding hydrogens is 540 g/mol. The van der Waals surface area contributed by atoms with Gasteiger partial charge in [-0.15, -0.1) is 12.4 Å². The van der Waals surface area contributed by atoms with E-state index in [-0.39, 0.29) is 24.2 Å². The van der Waals surface area contributed by atoms with Crippen molar-refractivity contribution >= 4 is 46.6 Å². The number of urea groups is 1. The van der Waals surface area contributed by atoms with Crippen LogP contribution in [-0.4, -0.2) is 26.7 Å². The first-order chi connectivity index (χ1) is 19.2. The number of nitrogens with zero attached hydrogens (tertiary/aromatic N) is 3. The highest BCUT2D eigenvalue weighted by molar-refractivity contribution is 5.99. The van der Waals surface area contributed by atoms with Crippen LogP contribution in [0.4, 0.5) is 16.3 Å². The quantitative estimate of drug-likeness (QED) is 0.203. The van der Waals surface area contributed by atoms with Gasteiger partial charge in [0.15, 0.2) is 0 Å². The predicted molar refractivity (Wildman–Crippen MR) is 163 cm³/mol. The molecule has 0 unspecified atom stereocenters. The number of halogens is 1. The molecule has 0 atom stereocenters. The van der Waals surface area contributed by atoms with E-state index >= 15 is 0 Å². The van der Waals surface area contributed by atoms with E-state index < -0.39 is 11.9 Å². The van der Waals surface area contributed by atoms with Gasteiger partial charge in [-0.3, -0.25) is 15.1 Å². The molecule has 0 fully saturated rings. The Morgan fingerprint density at radius 2 is 1.71 bits per heavy atom. The van der Waals surface area contributed by atoms with Crippen molar-refractivity contribution in [2.75, 3.05) is 10.6 Å². The molecule has 9 nitrogen and oxygen atoms in total. The van der Waals surface area contributed by atoms with Crippen LogP contribution < -0.4 is 21.1 Å². The first kappa shape index (κ1) is 29.1. The molecule has 0 spiro atoms. The van der Waals surface area contributed by atoms with Gasteiger partial charge in [0.05, 0.1) is 24.0 Å². The van der Waals surface area contributed by atoms with Crippen LogP contribution in [-0.2, 0) is 16.6 Å². The number of nitrogens with two attached hydrogens (primary N) is 1. The lowest BCUT2D eigenvalue weighted by molar-refractivity contribution is -0.117. The van der Waals surface area contributed by atoms with E-state index in [2.05, 4.69) is 36.4 Å². The minimum Gasteiger partial charge on any atom is -0.456 e. The summed E-state index contributed by atoms with van der Waals surface area (Å²) in [6, 6.07) is 23.7. The Labute approximate surface area is 244 Å². The fourth-order valence-corrected chi connectivity index (χ4v) is 4.32. The Bertz CT molecular complexity index is 1700. The monoisotopic (exact) mass is 570 g/mol. The minimum atomic E-state index is -0.446. The molecule has 0 bridgehead atoms. The van der Waals surface area contributed by atoms with Crippen molar-refractivity contribution in [2.24, 2.45) is 5.73 Å². The highest BCUT2D eigenvalue weighted by atomic mass is 35.5. The zero-order valence-corrected chi connectivity index (χ0v) is 23.7. The van der Waals surface area contributed by atoms with Gasteiger partial charge in [0.25, 0.3) is 0 Å². The van der Waals surface area contributed by atoms with Crippen LogP contribution in [0.5, 0.6) is 11.5 Å². The number of primary amides is 1. The number of fused-ring (bicyclic) bond motifs is 1. The van der Waals surface area contributed by atoms with Crippen molar-refractivity contribution in [2.45, 2.75) is 32.6 Å². The highest BCUT2D eigenvalue weighted by Gasteiger charge is 2.22. The average Bonchev–Trinajstić information content (AvgIpc) is 3.33. The second-order valence-corrected chi connectivity index (χ2v) is 10.4. The molecule has 3 aromatic carbocycles. The smallest absolute Gasteiger partial charge is 0.324 e. The second kappa shape index (κ2) is 12.1. The molecule has 0 aliphatic rings. The molecule has 210 valence electrons. The molecule has 0 aliphatic carbocycles. The van der Waals surface area contributed by atoms with Crippen LogP contribution in [0.15, 0.2) is 91.3 Å². The Morgan fingerprint density at radius 1 is 0.927 bits per heavy atom. The molecule has 4 N–H and O–H groups in total. The molecule has 0 aliphatic heterocycles. The standard InChI is InChI=1S/C31H30N6O3.ClH/c1-31(2,3)27-18-29(35-30(39)34-22-9-6-10-24(17-22)40-25-11-7-13-33-19-25)37(36-27)23-14-20-8-4-5-12-26(20)21(15-23)16-28(32)38;/h4-15,17-19H,16H2,1-3H3,(H2,32,38)(H2,34,35,39);1H. The molecular formula is C31H31ClN6O3. The minimum absolute atomic E-state index is 0. The van der Waals surface area contributed by atoms with E-state index in [0.717, 1.165) is 22.0 Å². The summed E-state index contributed by atoms with van der Waals surface area (Å²) in [5.41, 5.74) is 8.11. The van der Waals surface area contributed by atoms with Crippen molar-refractivity contribution in [3.05, 3.63) is 103 Å². The number of carbonyl (C=O) groups excluding carboxylic acids is 2. The molecule has 0 saturated carbocycles. The number of hydrogen-bond donors (Lipinski definition) is 3. The fraction of sp³-hybridized carbons (Fsp3) is 0.161. The SMILES string of the molecule is CC(C)(C)c1cc(NC(=O)Nc2cccc(Oc3cccnc3)c2)n(-c2cc(CC(N)=O)c3ccccc3c2)n1.Cl. The average molecular weight is 571 g/mol. The Hall–Kier alpha value is -4.89. The summed E-state index contributed by atoms with van der Waals surface area (Å²) in [7, 11) is 0. The van der Waals surface area contributed by atoms with Crippen LogP contribution in [0.3, 0.4) is 0 Å². The van der Waals surface area contributed by atoms with Crippen molar-refractivity contribution in [3.63, 3.8) is 0 Å². The maximum Gasteiger partial charge on any atom is 0.324 e. The first-order valence-corrected chi connectivity index (χ1v) is 12.8. The lowest BCUT2D eigenvalue weighted by Crippen LogP contribution is -2.21. The van der Waals surface area contributed by atoms with Gasteiger partial charge >= 0.3 is 6.03 Å². The lowest BCUT2D eigenvalue weighted by Gasteiger charge is -2.15. The molecule has 2 heterocycles. The molecule has 3 amide bonds. The van der Waals surface area contributed by atoms with E-state index in [1.54, 1.807) is 53.5 Å². The number of anilines is 2.